The molecule has 7 nitrogen and oxygen atoms in total. The van der Waals surface area contributed by atoms with Gasteiger partial charge in [0.1, 0.15) is 23.1 Å². The fourth-order valence-electron chi connectivity index (χ4n) is 3.83. The molecule has 1 fully saturated rings. The predicted molar refractivity (Wildman–Crippen MR) is 132 cm³/mol. The molecule has 2 heterocycles. The van der Waals surface area contributed by atoms with E-state index in [2.05, 4.69) is 20.5 Å². The smallest absolute Gasteiger partial charge is 0.323 e. The summed E-state index contributed by atoms with van der Waals surface area (Å²) in [6.45, 7) is 1.95. The Morgan fingerprint density at radius 3 is 2.59 bits per heavy atom. The van der Waals surface area contributed by atoms with Crippen LogP contribution in [0.2, 0.25) is 5.02 Å². The first-order chi connectivity index (χ1) is 16.5. The Kier molecular flexibility index (Phi) is 6.14. The summed E-state index contributed by atoms with van der Waals surface area (Å²) in [5.74, 6) is 1.01. The molecule has 1 saturated heterocycles. The molecule has 5 rings (SSSR count). The molecule has 0 unspecified atom stereocenters. The molecule has 0 radical (unpaired) electrons. The van der Waals surface area contributed by atoms with E-state index in [9.17, 15) is 9.18 Å². The second-order valence-corrected chi connectivity index (χ2v) is 8.38. The zero-order valence-electron chi connectivity index (χ0n) is 18.1. The van der Waals surface area contributed by atoms with E-state index in [4.69, 9.17) is 21.3 Å². The number of anilines is 3. The van der Waals surface area contributed by atoms with Gasteiger partial charge in [0.05, 0.1) is 17.2 Å². The number of urea groups is 1. The number of carbonyl (C=O) groups is 1. The van der Waals surface area contributed by atoms with Gasteiger partial charge in [0, 0.05) is 47.7 Å². The molecular weight excluding hydrogens is 457 g/mol. The highest BCUT2D eigenvalue weighted by Crippen LogP contribution is 2.29. The third-order valence-electron chi connectivity index (χ3n) is 5.38. The minimum absolute atomic E-state index is 0.237. The van der Waals surface area contributed by atoms with Crippen LogP contribution in [0, 0.1) is 5.82 Å². The predicted octanol–water partition coefficient (Wildman–Crippen LogP) is 6.46. The zero-order chi connectivity index (χ0) is 23.5. The van der Waals surface area contributed by atoms with E-state index in [1.54, 1.807) is 42.6 Å². The van der Waals surface area contributed by atoms with Crippen molar-refractivity contribution in [3.8, 4) is 11.5 Å². The van der Waals surface area contributed by atoms with E-state index in [0.29, 0.717) is 22.0 Å². The number of nitrogens with zero attached hydrogens (tertiary/aromatic N) is 3. The van der Waals surface area contributed by atoms with E-state index in [1.807, 2.05) is 6.07 Å². The Hall–Kier alpha value is -3.91. The lowest BCUT2D eigenvalue weighted by Gasteiger charge is -2.16. The van der Waals surface area contributed by atoms with Crippen molar-refractivity contribution < 1.29 is 13.9 Å². The topological polar surface area (TPSA) is 79.4 Å². The number of hydrogen-bond donors (Lipinski definition) is 2. The first-order valence-electron chi connectivity index (χ1n) is 10.9. The quantitative estimate of drug-likeness (QED) is 0.345. The summed E-state index contributed by atoms with van der Waals surface area (Å²) < 4.78 is 20.1. The lowest BCUT2D eigenvalue weighted by molar-refractivity contribution is 0.262. The van der Waals surface area contributed by atoms with E-state index in [-0.39, 0.29) is 11.4 Å². The average molecular weight is 478 g/mol. The molecule has 0 bridgehead atoms. The summed E-state index contributed by atoms with van der Waals surface area (Å²) in [4.78, 5) is 23.7. The number of carbonyl (C=O) groups excluding carboxylic acids is 1. The molecule has 1 aromatic heterocycles. The maximum Gasteiger partial charge on any atom is 0.323 e. The summed E-state index contributed by atoms with van der Waals surface area (Å²) >= 11 is 5.94. The molecule has 2 amide bonds. The summed E-state index contributed by atoms with van der Waals surface area (Å²) in [5.41, 5.74) is 2.20. The summed E-state index contributed by atoms with van der Waals surface area (Å²) in [6.07, 6.45) is 4.08. The monoisotopic (exact) mass is 477 g/mol. The molecule has 1 aliphatic rings. The van der Waals surface area contributed by atoms with Crippen LogP contribution in [0.1, 0.15) is 12.8 Å². The molecule has 4 aromatic rings. The van der Waals surface area contributed by atoms with Gasteiger partial charge in [-0.3, -0.25) is 4.98 Å². The molecule has 0 spiro atoms. The molecule has 9 heteroatoms. The van der Waals surface area contributed by atoms with Gasteiger partial charge in [0.2, 0.25) is 0 Å². The molecule has 0 aliphatic carbocycles. The number of fused-ring (bicyclic) bond motifs is 1. The first kappa shape index (κ1) is 21.9. The van der Waals surface area contributed by atoms with E-state index >= 15 is 0 Å². The number of benzene rings is 3. The van der Waals surface area contributed by atoms with Gasteiger partial charge in [0.25, 0.3) is 0 Å². The lowest BCUT2D eigenvalue weighted by atomic mass is 10.2. The number of ether oxygens (including phenoxy) is 1. The summed E-state index contributed by atoms with van der Waals surface area (Å²) in [6, 6.07) is 15.5. The maximum absolute atomic E-state index is 14.2. The zero-order valence-corrected chi connectivity index (χ0v) is 18.8. The Morgan fingerprint density at radius 2 is 1.76 bits per heavy atom. The van der Waals surface area contributed by atoms with Crippen molar-refractivity contribution in [1.29, 1.82) is 0 Å². The van der Waals surface area contributed by atoms with Crippen LogP contribution >= 0.6 is 11.6 Å². The Balaban J connectivity index is 1.32. The normalized spacial score (nSPS) is 13.2. The van der Waals surface area contributed by atoms with Crippen molar-refractivity contribution in [2.45, 2.75) is 12.8 Å². The van der Waals surface area contributed by atoms with E-state index in [0.717, 1.165) is 37.3 Å². The van der Waals surface area contributed by atoms with Gasteiger partial charge in [-0.25, -0.2) is 14.2 Å². The molecule has 0 saturated carbocycles. The Labute approximate surface area is 200 Å². The summed E-state index contributed by atoms with van der Waals surface area (Å²) in [7, 11) is 0. The molecule has 2 N–H and O–H groups in total. The largest absolute Gasteiger partial charge is 0.457 e. The van der Waals surface area contributed by atoms with Gasteiger partial charge in [-0.2, -0.15) is 0 Å². The van der Waals surface area contributed by atoms with Crippen LogP contribution < -0.4 is 20.3 Å². The Bertz CT molecular complexity index is 1360. The number of amides is 2. The van der Waals surface area contributed by atoms with Crippen LogP contribution in [0.25, 0.3) is 11.0 Å². The van der Waals surface area contributed by atoms with Gasteiger partial charge in [-0.1, -0.05) is 17.7 Å². The minimum atomic E-state index is -0.549. The van der Waals surface area contributed by atoms with Crippen LogP contribution in [-0.4, -0.2) is 29.1 Å². The fourth-order valence-corrected chi connectivity index (χ4v) is 4.02. The highest BCUT2D eigenvalue weighted by atomic mass is 35.5. The number of hydrogen-bond acceptors (Lipinski definition) is 5. The van der Waals surface area contributed by atoms with Crippen LogP contribution in [0.3, 0.4) is 0 Å². The van der Waals surface area contributed by atoms with Gasteiger partial charge in [0.15, 0.2) is 0 Å². The van der Waals surface area contributed by atoms with Gasteiger partial charge >= 0.3 is 6.03 Å². The molecule has 1 aliphatic heterocycles. The maximum atomic E-state index is 14.2. The van der Waals surface area contributed by atoms with Crippen molar-refractivity contribution in [3.63, 3.8) is 0 Å². The number of halogens is 2. The second-order valence-electron chi connectivity index (χ2n) is 7.94. The van der Waals surface area contributed by atoms with Gasteiger partial charge in [-0.05, 0) is 49.2 Å². The molecule has 172 valence electrons. The van der Waals surface area contributed by atoms with Crippen molar-refractivity contribution >= 4 is 45.9 Å². The molecule has 0 atom stereocenters. The average Bonchev–Trinajstić information content (AvgIpc) is 3.33. The third-order valence-corrected chi connectivity index (χ3v) is 5.61. The summed E-state index contributed by atoms with van der Waals surface area (Å²) in [5, 5.41) is 5.75. The van der Waals surface area contributed by atoms with Gasteiger partial charge < -0.3 is 20.3 Å². The lowest BCUT2D eigenvalue weighted by Crippen LogP contribution is -2.19. The van der Waals surface area contributed by atoms with E-state index in [1.165, 1.54) is 18.2 Å². The highest BCUT2D eigenvalue weighted by Gasteiger charge is 2.15. The molecular formula is C25H21ClFN5O2. The third kappa shape index (κ3) is 5.18. The van der Waals surface area contributed by atoms with Crippen LogP contribution in [0.5, 0.6) is 11.5 Å². The Morgan fingerprint density at radius 1 is 0.941 bits per heavy atom. The SMILES string of the molecule is O=C(Nc1cccc(Cl)c1)Nc1cc(F)cc(Oc2ccc3ncc(N4CCCC4)nc3c2)c1. The number of nitrogens with one attached hydrogen (secondary N) is 2. The van der Waals surface area contributed by atoms with Crippen molar-refractivity contribution in [1.82, 2.24) is 9.97 Å². The van der Waals surface area contributed by atoms with E-state index < -0.39 is 11.8 Å². The van der Waals surface area contributed by atoms with Crippen molar-refractivity contribution in [2.24, 2.45) is 0 Å². The van der Waals surface area contributed by atoms with Gasteiger partial charge in [-0.15, -0.1) is 0 Å². The second kappa shape index (κ2) is 9.52. The van der Waals surface area contributed by atoms with Crippen molar-refractivity contribution in [3.05, 3.63) is 77.7 Å². The molecule has 3 aromatic carbocycles. The number of aromatic nitrogens is 2. The first-order valence-corrected chi connectivity index (χ1v) is 11.2. The fraction of sp³-hybridized carbons (Fsp3) is 0.160. The highest BCUT2D eigenvalue weighted by molar-refractivity contribution is 6.30. The minimum Gasteiger partial charge on any atom is -0.457 e. The standard InChI is InChI=1S/C25H21ClFN5O2/c26-16-4-3-5-18(10-16)29-25(33)30-19-11-17(27)12-21(13-19)34-20-6-7-22-23(14-20)31-24(15-28-22)32-8-1-2-9-32/h3-7,10-15H,1-2,8-9H2,(H2,29,30,33). The van der Waals surface area contributed by atoms with Crippen LogP contribution in [0.15, 0.2) is 66.9 Å². The van der Waals surface area contributed by atoms with Crippen LogP contribution in [-0.2, 0) is 0 Å². The van der Waals surface area contributed by atoms with Crippen LogP contribution in [0.4, 0.5) is 26.4 Å². The number of rotatable bonds is 5. The molecule has 34 heavy (non-hydrogen) atoms. The van der Waals surface area contributed by atoms with Crippen molar-refractivity contribution in [2.75, 3.05) is 28.6 Å².